The predicted molar refractivity (Wildman–Crippen MR) is 80.3 cm³/mol. The fraction of sp³-hybridized carbons (Fsp3) is 0.500. The molecule has 0 saturated heterocycles. The van der Waals surface area contributed by atoms with Gasteiger partial charge in [0.25, 0.3) is 0 Å². The van der Waals surface area contributed by atoms with Crippen LogP contribution in [0.2, 0.25) is 0 Å². The van der Waals surface area contributed by atoms with Crippen molar-refractivity contribution in [2.75, 3.05) is 14.2 Å². The van der Waals surface area contributed by atoms with E-state index in [1.165, 1.54) is 0 Å². The van der Waals surface area contributed by atoms with Gasteiger partial charge in [-0.3, -0.25) is 10.1 Å². The summed E-state index contributed by atoms with van der Waals surface area (Å²) in [5, 5.41) is 12.2. The summed E-state index contributed by atoms with van der Waals surface area (Å²) >= 11 is 3.45. The van der Waals surface area contributed by atoms with Crippen molar-refractivity contribution in [2.45, 2.75) is 26.4 Å². The normalized spacial score (nSPS) is 12.3. The number of carboxylic acids is 1. The van der Waals surface area contributed by atoms with Crippen LogP contribution in [0, 0.1) is 5.92 Å². The maximum Gasteiger partial charge on any atom is 0.320 e. The quantitative estimate of drug-likeness (QED) is 0.795. The Kier molecular flexibility index (Phi) is 6.29. The second-order valence-electron chi connectivity index (χ2n) is 4.70. The van der Waals surface area contributed by atoms with E-state index in [0.29, 0.717) is 18.0 Å². The van der Waals surface area contributed by atoms with Crippen LogP contribution < -0.4 is 14.8 Å². The van der Waals surface area contributed by atoms with Crippen LogP contribution in [0.5, 0.6) is 11.5 Å². The summed E-state index contributed by atoms with van der Waals surface area (Å²) in [6, 6.07) is 3.03. The number of hydrogen-bond donors (Lipinski definition) is 2. The highest BCUT2D eigenvalue weighted by Crippen LogP contribution is 2.36. The number of carboxylic acid groups (broad SMARTS) is 1. The Balaban J connectivity index is 2.99. The monoisotopic (exact) mass is 345 g/mol. The Morgan fingerprint density at radius 2 is 2.00 bits per heavy atom. The number of methoxy groups -OCH3 is 2. The summed E-state index contributed by atoms with van der Waals surface area (Å²) < 4.78 is 11.4. The first kappa shape index (κ1) is 16.8. The molecule has 5 nitrogen and oxygen atoms in total. The molecule has 0 amide bonds. The van der Waals surface area contributed by atoms with Crippen LogP contribution in [0.15, 0.2) is 16.6 Å². The molecule has 0 aliphatic rings. The van der Waals surface area contributed by atoms with Gasteiger partial charge in [-0.15, -0.1) is 0 Å². The van der Waals surface area contributed by atoms with Gasteiger partial charge in [0, 0.05) is 16.6 Å². The summed E-state index contributed by atoms with van der Waals surface area (Å²) in [5.74, 6) is 0.340. The van der Waals surface area contributed by atoms with E-state index in [1.54, 1.807) is 20.3 Å². The van der Waals surface area contributed by atoms with Crippen LogP contribution >= 0.6 is 15.9 Å². The van der Waals surface area contributed by atoms with Crippen molar-refractivity contribution in [3.8, 4) is 11.5 Å². The predicted octanol–water partition coefficient (Wildman–Crippen LogP) is 2.67. The summed E-state index contributed by atoms with van der Waals surface area (Å²) in [5.41, 5.74) is 0.832. The molecule has 0 bridgehead atoms. The molecule has 2 N–H and O–H groups in total. The highest BCUT2D eigenvalue weighted by atomic mass is 79.9. The molecule has 0 aliphatic carbocycles. The van der Waals surface area contributed by atoms with E-state index in [-0.39, 0.29) is 5.92 Å². The molecule has 6 heteroatoms. The first-order valence-electron chi connectivity index (χ1n) is 6.27. The number of aliphatic carboxylic acids is 1. The molecule has 1 unspecified atom stereocenters. The zero-order valence-corrected chi connectivity index (χ0v) is 13.7. The van der Waals surface area contributed by atoms with E-state index in [9.17, 15) is 9.90 Å². The molecule has 1 atom stereocenters. The molecule has 0 aromatic heterocycles. The van der Waals surface area contributed by atoms with Crippen LogP contribution in [0.1, 0.15) is 19.4 Å². The molecule has 0 fully saturated rings. The molecule has 1 rings (SSSR count). The molecule has 0 spiro atoms. The highest BCUT2D eigenvalue weighted by molar-refractivity contribution is 9.10. The first-order chi connectivity index (χ1) is 9.42. The highest BCUT2D eigenvalue weighted by Gasteiger charge is 2.22. The number of carbonyl (C=O) groups is 1. The Morgan fingerprint density at radius 1 is 1.35 bits per heavy atom. The van der Waals surface area contributed by atoms with Gasteiger partial charge in [-0.2, -0.15) is 0 Å². The Labute approximate surface area is 127 Å². The van der Waals surface area contributed by atoms with Gasteiger partial charge in [0.2, 0.25) is 0 Å². The Hall–Kier alpha value is -1.27. The van der Waals surface area contributed by atoms with E-state index in [4.69, 9.17) is 9.47 Å². The van der Waals surface area contributed by atoms with Crippen molar-refractivity contribution in [1.29, 1.82) is 0 Å². The van der Waals surface area contributed by atoms with Crippen molar-refractivity contribution in [3.63, 3.8) is 0 Å². The third-order valence-corrected chi connectivity index (χ3v) is 3.77. The number of halogens is 1. The van der Waals surface area contributed by atoms with Gasteiger partial charge in [0.1, 0.15) is 6.04 Å². The second-order valence-corrected chi connectivity index (χ2v) is 5.56. The molecule has 112 valence electrons. The zero-order valence-electron chi connectivity index (χ0n) is 12.1. The lowest BCUT2D eigenvalue weighted by Crippen LogP contribution is -2.40. The lowest BCUT2D eigenvalue weighted by atomic mass is 10.0. The smallest absolute Gasteiger partial charge is 0.320 e. The first-order valence-corrected chi connectivity index (χ1v) is 7.07. The lowest BCUT2D eigenvalue weighted by molar-refractivity contribution is -0.140. The van der Waals surface area contributed by atoms with Crippen LogP contribution in [0.25, 0.3) is 0 Å². The summed E-state index contributed by atoms with van der Waals surface area (Å²) in [4.78, 5) is 11.2. The van der Waals surface area contributed by atoms with E-state index >= 15 is 0 Å². The SMILES string of the molecule is COc1ccc(Br)c(CNC(C(=O)O)C(C)C)c1OC. The van der Waals surface area contributed by atoms with Crippen molar-refractivity contribution < 1.29 is 19.4 Å². The van der Waals surface area contributed by atoms with E-state index in [0.717, 1.165) is 10.0 Å². The van der Waals surface area contributed by atoms with E-state index < -0.39 is 12.0 Å². The lowest BCUT2D eigenvalue weighted by Gasteiger charge is -2.20. The average molecular weight is 346 g/mol. The molecule has 0 radical (unpaired) electrons. The van der Waals surface area contributed by atoms with Crippen LogP contribution in [-0.2, 0) is 11.3 Å². The molecule has 1 aromatic rings. The van der Waals surface area contributed by atoms with Gasteiger partial charge in [-0.1, -0.05) is 29.8 Å². The van der Waals surface area contributed by atoms with Crippen LogP contribution in [0.4, 0.5) is 0 Å². The summed E-state index contributed by atoms with van der Waals surface area (Å²) in [6.07, 6.45) is 0. The maximum absolute atomic E-state index is 11.2. The van der Waals surface area contributed by atoms with Gasteiger partial charge >= 0.3 is 5.97 Å². The zero-order chi connectivity index (χ0) is 15.3. The average Bonchev–Trinajstić information content (AvgIpc) is 2.39. The minimum absolute atomic E-state index is 0.0112. The van der Waals surface area contributed by atoms with E-state index in [2.05, 4.69) is 21.2 Å². The van der Waals surface area contributed by atoms with Gasteiger partial charge in [-0.25, -0.2) is 0 Å². The van der Waals surface area contributed by atoms with Crippen molar-refractivity contribution in [1.82, 2.24) is 5.32 Å². The minimum Gasteiger partial charge on any atom is -0.493 e. The van der Waals surface area contributed by atoms with Crippen molar-refractivity contribution in [3.05, 3.63) is 22.2 Å². The second kappa shape index (κ2) is 7.50. The van der Waals surface area contributed by atoms with E-state index in [1.807, 2.05) is 19.9 Å². The molecule has 0 heterocycles. The van der Waals surface area contributed by atoms with Gasteiger partial charge < -0.3 is 14.6 Å². The van der Waals surface area contributed by atoms with Crippen LogP contribution in [-0.4, -0.2) is 31.3 Å². The largest absolute Gasteiger partial charge is 0.493 e. The van der Waals surface area contributed by atoms with Gasteiger partial charge in [0.15, 0.2) is 11.5 Å². The van der Waals surface area contributed by atoms with Gasteiger partial charge in [-0.05, 0) is 18.1 Å². The third kappa shape index (κ3) is 3.86. The number of rotatable bonds is 7. The molecule has 1 aromatic carbocycles. The fourth-order valence-corrected chi connectivity index (χ4v) is 2.40. The van der Waals surface area contributed by atoms with Crippen molar-refractivity contribution >= 4 is 21.9 Å². The third-order valence-electron chi connectivity index (χ3n) is 3.02. The van der Waals surface area contributed by atoms with Crippen molar-refractivity contribution in [2.24, 2.45) is 5.92 Å². The molecule has 0 aliphatic heterocycles. The minimum atomic E-state index is -0.863. The topological polar surface area (TPSA) is 67.8 Å². The molecular formula is C14H20BrNO4. The molecule has 0 saturated carbocycles. The number of benzene rings is 1. The standard InChI is InChI=1S/C14H20BrNO4/c1-8(2)12(14(17)18)16-7-9-10(15)5-6-11(19-3)13(9)20-4/h5-6,8,12,16H,7H2,1-4H3,(H,17,18). The van der Waals surface area contributed by atoms with Crippen LogP contribution in [0.3, 0.4) is 0 Å². The Bertz CT molecular complexity index is 476. The molecular weight excluding hydrogens is 326 g/mol. The number of ether oxygens (including phenoxy) is 2. The molecule has 20 heavy (non-hydrogen) atoms. The summed E-state index contributed by atoms with van der Waals surface area (Å²) in [7, 11) is 3.13. The van der Waals surface area contributed by atoms with Gasteiger partial charge in [0.05, 0.1) is 14.2 Å². The number of hydrogen-bond acceptors (Lipinski definition) is 4. The Morgan fingerprint density at radius 3 is 2.45 bits per heavy atom. The maximum atomic E-state index is 11.2. The fourth-order valence-electron chi connectivity index (χ4n) is 1.95. The number of nitrogens with one attached hydrogen (secondary N) is 1. The summed E-state index contributed by atoms with van der Waals surface area (Å²) in [6.45, 7) is 4.10.